The molecule has 0 aromatic heterocycles. The highest BCUT2D eigenvalue weighted by atomic mass is 16.6. The van der Waals surface area contributed by atoms with Crippen molar-refractivity contribution in [1.82, 2.24) is 0 Å². The molecule has 1 atom stereocenters. The molecule has 1 unspecified atom stereocenters. The van der Waals surface area contributed by atoms with Gasteiger partial charge in [0.15, 0.2) is 6.10 Å². The van der Waals surface area contributed by atoms with Crippen LogP contribution in [0.25, 0.3) is 0 Å². The summed E-state index contributed by atoms with van der Waals surface area (Å²) in [5.41, 5.74) is 0. The van der Waals surface area contributed by atoms with Gasteiger partial charge in [-0.3, -0.25) is 14.4 Å². The van der Waals surface area contributed by atoms with E-state index in [1.165, 1.54) is 212 Å². The van der Waals surface area contributed by atoms with Crippen LogP contribution in [0.1, 0.15) is 361 Å². The first-order valence-electron chi connectivity index (χ1n) is 35.6. The molecule has 6 heteroatoms. The number of carbonyl (C=O) groups excluding carboxylic acids is 3. The smallest absolute Gasteiger partial charge is 0.306 e. The minimum absolute atomic E-state index is 0.0793. The molecular formula is C76H134O6. The molecule has 474 valence electrons. The zero-order valence-corrected chi connectivity index (χ0v) is 54.5. The van der Waals surface area contributed by atoms with Gasteiger partial charge >= 0.3 is 17.9 Å². The third-order valence-electron chi connectivity index (χ3n) is 15.6. The molecule has 0 saturated heterocycles. The number of hydrogen-bond donors (Lipinski definition) is 0. The monoisotopic (exact) mass is 1140 g/mol. The van der Waals surface area contributed by atoms with Crippen molar-refractivity contribution in [3.63, 3.8) is 0 Å². The second-order valence-electron chi connectivity index (χ2n) is 23.8. The topological polar surface area (TPSA) is 78.9 Å². The summed E-state index contributed by atoms with van der Waals surface area (Å²) in [7, 11) is 0. The highest BCUT2D eigenvalue weighted by molar-refractivity contribution is 5.71. The standard InChI is InChI=1S/C76H134O6/c1-4-7-10-13-16-19-22-25-28-31-34-35-36-37-38-39-40-41-43-45-48-51-54-57-60-63-66-69-75(78)81-72-73(71-80-74(77)68-65-62-59-56-53-50-47-44-33-30-27-24-21-18-15-12-9-6-3)82-76(79)70-67-64-61-58-55-52-49-46-42-32-29-26-23-20-17-14-11-8-5-2/h8,11,17,20,22,25-26,29,31,34,36-37,42,46,73H,4-7,9-10,12-16,18-19,21,23-24,27-28,30,32-33,35,38-41,43-45,47-72H2,1-3H3/b11-8-,20-17-,25-22-,29-26-,34-31-,37-36-,46-42-. The van der Waals surface area contributed by atoms with Gasteiger partial charge in [-0.05, 0) is 96.3 Å². The van der Waals surface area contributed by atoms with E-state index in [-0.39, 0.29) is 31.1 Å². The lowest BCUT2D eigenvalue weighted by molar-refractivity contribution is -0.167. The van der Waals surface area contributed by atoms with Crippen LogP contribution in [0.3, 0.4) is 0 Å². The lowest BCUT2D eigenvalue weighted by atomic mass is 10.0. The number of ether oxygens (including phenoxy) is 3. The van der Waals surface area contributed by atoms with Crippen molar-refractivity contribution in [2.45, 2.75) is 367 Å². The first-order chi connectivity index (χ1) is 40.5. The van der Waals surface area contributed by atoms with Crippen LogP contribution in [0.4, 0.5) is 0 Å². The van der Waals surface area contributed by atoms with E-state index < -0.39 is 6.10 Å². The van der Waals surface area contributed by atoms with E-state index in [9.17, 15) is 14.4 Å². The normalized spacial score (nSPS) is 12.6. The molecule has 0 saturated carbocycles. The highest BCUT2D eigenvalue weighted by Gasteiger charge is 2.19. The summed E-state index contributed by atoms with van der Waals surface area (Å²) >= 11 is 0. The Bertz CT molecular complexity index is 1550. The predicted octanol–water partition coefficient (Wildman–Crippen LogP) is 24.6. The van der Waals surface area contributed by atoms with Crippen molar-refractivity contribution < 1.29 is 28.6 Å². The van der Waals surface area contributed by atoms with Crippen LogP contribution in [-0.4, -0.2) is 37.2 Å². The first kappa shape index (κ1) is 78.6. The van der Waals surface area contributed by atoms with E-state index in [1.54, 1.807) is 0 Å². The third kappa shape index (κ3) is 67.4. The van der Waals surface area contributed by atoms with Gasteiger partial charge in [-0.25, -0.2) is 0 Å². The van der Waals surface area contributed by atoms with Crippen LogP contribution in [0, 0.1) is 0 Å². The predicted molar refractivity (Wildman–Crippen MR) is 358 cm³/mol. The Kier molecular flexibility index (Phi) is 67.2. The zero-order valence-electron chi connectivity index (χ0n) is 54.5. The van der Waals surface area contributed by atoms with E-state index in [0.717, 1.165) is 109 Å². The number of carbonyl (C=O) groups is 3. The molecule has 0 fully saturated rings. The SMILES string of the molecule is CC/C=C\C/C=C\C/C=C\C/C=C\CCCCCCCCC(=O)OC(COC(=O)CCCCCCCCCCCCCC/C=C\C/C=C\C/C=C\CCCCCCC)COC(=O)CCCCCCCCCCCCCCCCCCCC. The Hall–Kier alpha value is -3.41. The van der Waals surface area contributed by atoms with Gasteiger partial charge in [0.05, 0.1) is 0 Å². The van der Waals surface area contributed by atoms with Crippen LogP contribution >= 0.6 is 0 Å². The Morgan fingerprint density at radius 3 is 0.744 bits per heavy atom. The van der Waals surface area contributed by atoms with Crippen molar-refractivity contribution in [2.75, 3.05) is 13.2 Å². The number of rotatable bonds is 65. The molecule has 0 bridgehead atoms. The highest BCUT2D eigenvalue weighted by Crippen LogP contribution is 2.18. The molecule has 0 amide bonds. The fourth-order valence-electron chi connectivity index (χ4n) is 10.3. The Morgan fingerprint density at radius 1 is 0.256 bits per heavy atom. The molecule has 0 heterocycles. The van der Waals surface area contributed by atoms with Gasteiger partial charge in [-0.2, -0.15) is 0 Å². The van der Waals surface area contributed by atoms with Crippen molar-refractivity contribution in [2.24, 2.45) is 0 Å². The molecule has 0 aliphatic carbocycles. The molecule has 0 aliphatic heterocycles. The molecule has 82 heavy (non-hydrogen) atoms. The van der Waals surface area contributed by atoms with Gasteiger partial charge in [0.25, 0.3) is 0 Å². The molecule has 0 aromatic carbocycles. The summed E-state index contributed by atoms with van der Waals surface area (Å²) in [4.78, 5) is 38.5. The van der Waals surface area contributed by atoms with Crippen LogP contribution < -0.4 is 0 Å². The number of allylic oxidation sites excluding steroid dienone is 14. The average molecular weight is 1140 g/mol. The second kappa shape index (κ2) is 70.1. The first-order valence-corrected chi connectivity index (χ1v) is 35.6. The van der Waals surface area contributed by atoms with Crippen LogP contribution in [0.15, 0.2) is 85.1 Å². The van der Waals surface area contributed by atoms with Crippen LogP contribution in [-0.2, 0) is 28.6 Å². The largest absolute Gasteiger partial charge is 0.462 e. The van der Waals surface area contributed by atoms with Crippen molar-refractivity contribution in [3.8, 4) is 0 Å². The van der Waals surface area contributed by atoms with Crippen LogP contribution in [0.2, 0.25) is 0 Å². The zero-order chi connectivity index (χ0) is 59.2. The molecule has 0 N–H and O–H groups in total. The minimum Gasteiger partial charge on any atom is -0.462 e. The van der Waals surface area contributed by atoms with E-state index in [0.29, 0.717) is 19.3 Å². The maximum atomic E-state index is 13.0. The van der Waals surface area contributed by atoms with Gasteiger partial charge in [0.1, 0.15) is 13.2 Å². The molecule has 6 nitrogen and oxygen atoms in total. The Morgan fingerprint density at radius 2 is 0.476 bits per heavy atom. The fourth-order valence-corrected chi connectivity index (χ4v) is 10.3. The molecule has 0 aromatic rings. The van der Waals surface area contributed by atoms with Gasteiger partial charge in [0, 0.05) is 19.3 Å². The van der Waals surface area contributed by atoms with Gasteiger partial charge in [0.2, 0.25) is 0 Å². The molecular weight excluding hydrogens is 1010 g/mol. The van der Waals surface area contributed by atoms with Crippen molar-refractivity contribution in [3.05, 3.63) is 85.1 Å². The van der Waals surface area contributed by atoms with Crippen LogP contribution in [0.5, 0.6) is 0 Å². The minimum atomic E-state index is -0.786. The Labute approximate surface area is 509 Å². The molecule has 0 spiro atoms. The molecule has 0 rings (SSSR count). The van der Waals surface area contributed by atoms with E-state index >= 15 is 0 Å². The van der Waals surface area contributed by atoms with Crippen molar-refractivity contribution >= 4 is 17.9 Å². The lowest BCUT2D eigenvalue weighted by Crippen LogP contribution is -2.30. The quantitative estimate of drug-likeness (QED) is 0.0261. The maximum absolute atomic E-state index is 13.0. The summed E-state index contributed by atoms with van der Waals surface area (Å²) in [5.74, 6) is -0.875. The van der Waals surface area contributed by atoms with Gasteiger partial charge < -0.3 is 14.2 Å². The summed E-state index contributed by atoms with van der Waals surface area (Å²) in [6.07, 6.45) is 93.2. The van der Waals surface area contributed by atoms with E-state index in [2.05, 4.69) is 106 Å². The molecule has 0 aliphatic rings. The Balaban J connectivity index is 4.34. The maximum Gasteiger partial charge on any atom is 0.306 e. The van der Waals surface area contributed by atoms with Gasteiger partial charge in [-0.1, -0.05) is 331 Å². The number of esters is 3. The van der Waals surface area contributed by atoms with E-state index in [1.807, 2.05) is 0 Å². The molecule has 0 radical (unpaired) electrons. The summed E-state index contributed by atoms with van der Waals surface area (Å²) in [6.45, 7) is 6.56. The van der Waals surface area contributed by atoms with E-state index in [4.69, 9.17) is 14.2 Å². The number of hydrogen-bond acceptors (Lipinski definition) is 6. The summed E-state index contributed by atoms with van der Waals surface area (Å²) in [6, 6.07) is 0. The summed E-state index contributed by atoms with van der Waals surface area (Å²) in [5, 5.41) is 0. The van der Waals surface area contributed by atoms with Gasteiger partial charge in [-0.15, -0.1) is 0 Å². The number of unbranched alkanes of at least 4 members (excludes halogenated alkanes) is 40. The van der Waals surface area contributed by atoms with Crippen molar-refractivity contribution in [1.29, 1.82) is 0 Å². The summed E-state index contributed by atoms with van der Waals surface area (Å²) < 4.78 is 17.0. The third-order valence-corrected chi connectivity index (χ3v) is 15.6. The lowest BCUT2D eigenvalue weighted by Gasteiger charge is -2.18. The average Bonchev–Trinajstić information content (AvgIpc) is 3.47. The fraction of sp³-hybridized carbons (Fsp3) is 0.776. The second-order valence-corrected chi connectivity index (χ2v) is 23.8.